The Kier molecular flexibility index (Phi) is 2.77. The van der Waals surface area contributed by atoms with E-state index in [1.54, 1.807) is 6.07 Å². The van der Waals surface area contributed by atoms with Gasteiger partial charge in [0.1, 0.15) is 5.82 Å². The number of nitrogens with two attached hydrogens (primary N) is 2. The summed E-state index contributed by atoms with van der Waals surface area (Å²) in [6.07, 6.45) is 0.766. The molecule has 3 nitrogen and oxygen atoms in total. The molecular weight excluding hydrogens is 198 g/mol. The molecule has 4 N–H and O–H groups in total. The zero-order valence-electron chi connectivity index (χ0n) is 9.27. The van der Waals surface area contributed by atoms with Crippen LogP contribution in [0.2, 0.25) is 0 Å². The molecule has 0 aliphatic rings. The standard InChI is InChI=1S/C13H15N3/c1-9-11(14)8-13(15)16-12(9)7-10-5-3-2-4-6-10/h2-6,8H,7H2,1H3,(H4,14,15,16). The second kappa shape index (κ2) is 4.23. The number of hydrogen-bond acceptors (Lipinski definition) is 3. The highest BCUT2D eigenvalue weighted by atomic mass is 14.8. The maximum Gasteiger partial charge on any atom is 0.125 e. The lowest BCUT2D eigenvalue weighted by Gasteiger charge is -2.08. The molecule has 16 heavy (non-hydrogen) atoms. The normalized spacial score (nSPS) is 10.3. The van der Waals surface area contributed by atoms with Gasteiger partial charge in [0, 0.05) is 18.2 Å². The Hall–Kier alpha value is -2.03. The number of benzene rings is 1. The van der Waals surface area contributed by atoms with Gasteiger partial charge in [-0.25, -0.2) is 4.98 Å². The molecule has 3 heteroatoms. The van der Waals surface area contributed by atoms with Gasteiger partial charge in [-0.15, -0.1) is 0 Å². The predicted molar refractivity (Wildman–Crippen MR) is 67.0 cm³/mol. The van der Waals surface area contributed by atoms with Crippen molar-refractivity contribution in [1.82, 2.24) is 4.98 Å². The number of pyridine rings is 1. The minimum atomic E-state index is 0.481. The number of hydrogen-bond donors (Lipinski definition) is 2. The Morgan fingerprint density at radius 3 is 2.50 bits per heavy atom. The zero-order chi connectivity index (χ0) is 11.5. The summed E-state index contributed by atoms with van der Waals surface area (Å²) in [5.74, 6) is 0.481. The third-order valence-electron chi connectivity index (χ3n) is 2.65. The Bertz CT molecular complexity index is 492. The maximum absolute atomic E-state index is 5.86. The van der Waals surface area contributed by atoms with Gasteiger partial charge in [-0.3, -0.25) is 0 Å². The van der Waals surface area contributed by atoms with Gasteiger partial charge in [-0.05, 0) is 18.1 Å². The van der Waals surface area contributed by atoms with E-state index in [0.29, 0.717) is 11.5 Å². The second-order valence-electron chi connectivity index (χ2n) is 3.87. The number of aromatic nitrogens is 1. The highest BCUT2D eigenvalue weighted by Crippen LogP contribution is 2.19. The Morgan fingerprint density at radius 1 is 1.12 bits per heavy atom. The van der Waals surface area contributed by atoms with Gasteiger partial charge in [-0.2, -0.15) is 0 Å². The van der Waals surface area contributed by atoms with Crippen molar-refractivity contribution >= 4 is 11.5 Å². The van der Waals surface area contributed by atoms with Crippen molar-refractivity contribution in [2.45, 2.75) is 13.3 Å². The first-order chi connectivity index (χ1) is 7.66. The molecule has 0 fully saturated rings. The molecule has 0 saturated heterocycles. The third-order valence-corrected chi connectivity index (χ3v) is 2.65. The van der Waals surface area contributed by atoms with Crippen molar-refractivity contribution < 1.29 is 0 Å². The van der Waals surface area contributed by atoms with Crippen LogP contribution in [-0.2, 0) is 6.42 Å². The first-order valence-electron chi connectivity index (χ1n) is 5.22. The Balaban J connectivity index is 2.35. The van der Waals surface area contributed by atoms with Gasteiger partial charge in [0.2, 0.25) is 0 Å². The predicted octanol–water partition coefficient (Wildman–Crippen LogP) is 2.15. The first kappa shape index (κ1) is 10.5. The molecule has 0 spiro atoms. The molecule has 2 aromatic rings. The average Bonchev–Trinajstić information content (AvgIpc) is 2.27. The van der Waals surface area contributed by atoms with Gasteiger partial charge in [-0.1, -0.05) is 30.3 Å². The van der Waals surface area contributed by atoms with E-state index in [1.165, 1.54) is 5.56 Å². The van der Waals surface area contributed by atoms with Crippen LogP contribution in [0.5, 0.6) is 0 Å². The summed E-state index contributed by atoms with van der Waals surface area (Å²) in [4.78, 5) is 4.33. The van der Waals surface area contributed by atoms with Crippen molar-refractivity contribution in [2.24, 2.45) is 0 Å². The van der Waals surface area contributed by atoms with Crippen LogP contribution < -0.4 is 11.5 Å². The second-order valence-corrected chi connectivity index (χ2v) is 3.87. The van der Waals surface area contributed by atoms with Crippen LogP contribution in [-0.4, -0.2) is 4.98 Å². The Morgan fingerprint density at radius 2 is 1.81 bits per heavy atom. The molecular formula is C13H15N3. The van der Waals surface area contributed by atoms with Crippen molar-refractivity contribution in [1.29, 1.82) is 0 Å². The summed E-state index contributed by atoms with van der Waals surface area (Å²) in [7, 11) is 0. The van der Waals surface area contributed by atoms with E-state index in [9.17, 15) is 0 Å². The van der Waals surface area contributed by atoms with Crippen molar-refractivity contribution in [3.05, 3.63) is 53.2 Å². The monoisotopic (exact) mass is 213 g/mol. The average molecular weight is 213 g/mol. The quantitative estimate of drug-likeness (QED) is 0.803. The van der Waals surface area contributed by atoms with E-state index in [0.717, 1.165) is 17.7 Å². The molecule has 1 aromatic carbocycles. The summed E-state index contributed by atoms with van der Waals surface area (Å²) in [6, 6.07) is 11.9. The van der Waals surface area contributed by atoms with Crippen LogP contribution in [0.4, 0.5) is 11.5 Å². The Labute approximate surface area is 95.1 Å². The van der Waals surface area contributed by atoms with E-state index < -0.39 is 0 Å². The molecule has 0 atom stereocenters. The van der Waals surface area contributed by atoms with Crippen LogP contribution in [0, 0.1) is 6.92 Å². The summed E-state index contributed by atoms with van der Waals surface area (Å²) in [5.41, 5.74) is 15.4. The van der Waals surface area contributed by atoms with E-state index in [2.05, 4.69) is 17.1 Å². The van der Waals surface area contributed by atoms with Crippen LogP contribution in [0.25, 0.3) is 0 Å². The highest BCUT2D eigenvalue weighted by molar-refractivity contribution is 5.55. The maximum atomic E-state index is 5.86. The van der Waals surface area contributed by atoms with Crippen LogP contribution in [0.15, 0.2) is 36.4 Å². The molecule has 2 rings (SSSR count). The summed E-state index contributed by atoms with van der Waals surface area (Å²) >= 11 is 0. The van der Waals surface area contributed by atoms with E-state index in [4.69, 9.17) is 11.5 Å². The van der Waals surface area contributed by atoms with Crippen molar-refractivity contribution in [2.75, 3.05) is 11.5 Å². The molecule has 0 aliphatic carbocycles. The van der Waals surface area contributed by atoms with Gasteiger partial charge in [0.05, 0.1) is 5.69 Å². The lowest BCUT2D eigenvalue weighted by atomic mass is 10.0. The summed E-state index contributed by atoms with van der Waals surface area (Å²) in [6.45, 7) is 1.97. The summed E-state index contributed by atoms with van der Waals surface area (Å²) < 4.78 is 0. The molecule has 0 bridgehead atoms. The molecule has 1 heterocycles. The van der Waals surface area contributed by atoms with Gasteiger partial charge < -0.3 is 11.5 Å². The lowest BCUT2D eigenvalue weighted by Crippen LogP contribution is -2.03. The highest BCUT2D eigenvalue weighted by Gasteiger charge is 2.06. The van der Waals surface area contributed by atoms with Crippen molar-refractivity contribution in [3.8, 4) is 0 Å². The van der Waals surface area contributed by atoms with E-state index >= 15 is 0 Å². The minimum absolute atomic E-state index is 0.481. The van der Waals surface area contributed by atoms with Gasteiger partial charge in [0.25, 0.3) is 0 Å². The lowest BCUT2D eigenvalue weighted by molar-refractivity contribution is 1.05. The molecule has 0 aliphatic heterocycles. The molecule has 0 radical (unpaired) electrons. The smallest absolute Gasteiger partial charge is 0.125 e. The van der Waals surface area contributed by atoms with Crippen LogP contribution >= 0.6 is 0 Å². The number of nitrogens with zero attached hydrogens (tertiary/aromatic N) is 1. The third kappa shape index (κ3) is 2.14. The molecule has 1 aromatic heterocycles. The van der Waals surface area contributed by atoms with E-state index in [-0.39, 0.29) is 0 Å². The van der Waals surface area contributed by atoms with Crippen LogP contribution in [0.3, 0.4) is 0 Å². The number of nitrogen functional groups attached to an aromatic ring is 2. The molecule has 82 valence electrons. The molecule has 0 saturated carbocycles. The number of anilines is 2. The fourth-order valence-electron chi connectivity index (χ4n) is 1.67. The van der Waals surface area contributed by atoms with Crippen LogP contribution in [0.1, 0.15) is 16.8 Å². The first-order valence-corrected chi connectivity index (χ1v) is 5.22. The fourth-order valence-corrected chi connectivity index (χ4v) is 1.67. The molecule has 0 amide bonds. The topological polar surface area (TPSA) is 64.9 Å². The largest absolute Gasteiger partial charge is 0.398 e. The molecule has 0 unspecified atom stereocenters. The van der Waals surface area contributed by atoms with Crippen molar-refractivity contribution in [3.63, 3.8) is 0 Å². The SMILES string of the molecule is Cc1c(N)cc(N)nc1Cc1ccccc1. The summed E-state index contributed by atoms with van der Waals surface area (Å²) in [5, 5.41) is 0. The van der Waals surface area contributed by atoms with E-state index in [1.807, 2.05) is 25.1 Å². The zero-order valence-corrected chi connectivity index (χ0v) is 9.27. The van der Waals surface area contributed by atoms with Gasteiger partial charge in [0.15, 0.2) is 0 Å². The van der Waals surface area contributed by atoms with Gasteiger partial charge >= 0.3 is 0 Å². The minimum Gasteiger partial charge on any atom is -0.398 e. The fraction of sp³-hybridized carbons (Fsp3) is 0.154. The number of rotatable bonds is 2.